The fraction of sp³-hybridized carbons (Fsp3) is 0.417. The fourth-order valence-electron chi connectivity index (χ4n) is 1.42. The van der Waals surface area contributed by atoms with E-state index in [1.807, 2.05) is 0 Å². The Morgan fingerprint density at radius 3 is 2.26 bits per heavy atom. The third kappa shape index (κ3) is 3.59. The summed E-state index contributed by atoms with van der Waals surface area (Å²) in [6, 6.07) is 6.28. The molecule has 0 heterocycles. The van der Waals surface area contributed by atoms with Gasteiger partial charge in [0.1, 0.15) is 5.75 Å². The summed E-state index contributed by atoms with van der Waals surface area (Å²) in [4.78, 5) is 11.8. The number of rotatable bonds is 5. The SMILES string of the molecule is COc1ccc(CN(C)C(=O)C(F)(F)C(F)F)cc1. The van der Waals surface area contributed by atoms with Crippen LogP contribution in [-0.4, -0.2) is 37.3 Å². The Morgan fingerprint density at radius 1 is 1.32 bits per heavy atom. The Hall–Kier alpha value is -1.79. The van der Waals surface area contributed by atoms with Gasteiger partial charge < -0.3 is 9.64 Å². The van der Waals surface area contributed by atoms with Gasteiger partial charge in [0.05, 0.1) is 7.11 Å². The summed E-state index contributed by atoms with van der Waals surface area (Å²) in [5, 5.41) is 0. The second-order valence-corrected chi connectivity index (χ2v) is 3.93. The first-order valence-corrected chi connectivity index (χ1v) is 5.33. The molecule has 1 aromatic rings. The first-order valence-electron chi connectivity index (χ1n) is 5.33. The van der Waals surface area contributed by atoms with Gasteiger partial charge >= 0.3 is 12.3 Å². The fourth-order valence-corrected chi connectivity index (χ4v) is 1.42. The van der Waals surface area contributed by atoms with Crippen molar-refractivity contribution in [3.63, 3.8) is 0 Å². The summed E-state index contributed by atoms with van der Waals surface area (Å²) in [7, 11) is 2.51. The molecule has 3 nitrogen and oxygen atoms in total. The lowest BCUT2D eigenvalue weighted by Gasteiger charge is -2.22. The van der Waals surface area contributed by atoms with Gasteiger partial charge in [-0.3, -0.25) is 4.79 Å². The van der Waals surface area contributed by atoms with Crippen molar-refractivity contribution >= 4 is 5.91 Å². The predicted molar refractivity (Wildman–Crippen MR) is 60.4 cm³/mol. The van der Waals surface area contributed by atoms with E-state index in [2.05, 4.69) is 0 Å². The largest absolute Gasteiger partial charge is 0.497 e. The smallest absolute Gasteiger partial charge is 0.383 e. The molecule has 0 radical (unpaired) electrons. The highest BCUT2D eigenvalue weighted by Crippen LogP contribution is 2.25. The highest BCUT2D eigenvalue weighted by atomic mass is 19.3. The van der Waals surface area contributed by atoms with E-state index in [0.29, 0.717) is 16.2 Å². The summed E-state index contributed by atoms with van der Waals surface area (Å²) in [5.41, 5.74) is 0.529. The van der Waals surface area contributed by atoms with Crippen LogP contribution >= 0.6 is 0 Å². The van der Waals surface area contributed by atoms with E-state index in [0.717, 1.165) is 7.05 Å². The molecule has 1 rings (SSSR count). The van der Waals surface area contributed by atoms with Gasteiger partial charge in [-0.05, 0) is 17.7 Å². The number of carbonyl (C=O) groups is 1. The van der Waals surface area contributed by atoms with Gasteiger partial charge in [-0.1, -0.05) is 12.1 Å². The second-order valence-electron chi connectivity index (χ2n) is 3.93. The van der Waals surface area contributed by atoms with Crippen molar-refractivity contribution < 1.29 is 27.1 Å². The van der Waals surface area contributed by atoms with E-state index in [1.165, 1.54) is 7.11 Å². The van der Waals surface area contributed by atoms with Crippen LogP contribution in [0.5, 0.6) is 5.75 Å². The maximum absolute atomic E-state index is 12.9. The number of hydrogen-bond acceptors (Lipinski definition) is 2. The van der Waals surface area contributed by atoms with Gasteiger partial charge in [0.15, 0.2) is 0 Å². The minimum atomic E-state index is -4.67. The number of ether oxygens (including phenoxy) is 1. The lowest BCUT2D eigenvalue weighted by Crippen LogP contribution is -2.45. The molecule has 0 aliphatic heterocycles. The lowest BCUT2D eigenvalue weighted by molar-refractivity contribution is -0.179. The normalized spacial score (nSPS) is 11.5. The average molecular weight is 279 g/mol. The Bertz CT molecular complexity index is 434. The van der Waals surface area contributed by atoms with Crippen LogP contribution in [0.3, 0.4) is 0 Å². The molecular weight excluding hydrogens is 266 g/mol. The maximum Gasteiger partial charge on any atom is 0.383 e. The van der Waals surface area contributed by atoms with Gasteiger partial charge in [0, 0.05) is 13.6 Å². The summed E-state index contributed by atoms with van der Waals surface area (Å²) in [5.74, 6) is -6.00. The first kappa shape index (κ1) is 15.3. The summed E-state index contributed by atoms with van der Waals surface area (Å²) in [6.45, 7) is -0.189. The molecule has 106 valence electrons. The van der Waals surface area contributed by atoms with Crippen LogP contribution in [0.1, 0.15) is 5.56 Å². The number of hydrogen-bond donors (Lipinski definition) is 0. The van der Waals surface area contributed by atoms with Gasteiger partial charge in [-0.2, -0.15) is 8.78 Å². The van der Waals surface area contributed by atoms with E-state index in [-0.39, 0.29) is 6.54 Å². The van der Waals surface area contributed by atoms with E-state index < -0.39 is 18.3 Å². The van der Waals surface area contributed by atoms with Crippen molar-refractivity contribution in [2.75, 3.05) is 14.2 Å². The molecule has 0 atom stereocenters. The third-order valence-corrected chi connectivity index (χ3v) is 2.48. The number of halogens is 4. The number of alkyl halides is 4. The van der Waals surface area contributed by atoms with E-state index in [4.69, 9.17) is 4.74 Å². The van der Waals surface area contributed by atoms with Crippen LogP contribution in [0.15, 0.2) is 24.3 Å². The molecule has 1 amide bonds. The molecular formula is C12H13F4NO2. The number of carbonyl (C=O) groups excluding carboxylic acids is 1. The van der Waals surface area contributed by atoms with Crippen LogP contribution < -0.4 is 4.74 Å². The lowest BCUT2D eigenvalue weighted by atomic mass is 10.2. The highest BCUT2D eigenvalue weighted by Gasteiger charge is 2.50. The van der Waals surface area contributed by atoms with Crippen LogP contribution in [-0.2, 0) is 11.3 Å². The Kier molecular flexibility index (Phi) is 4.74. The van der Waals surface area contributed by atoms with Crippen molar-refractivity contribution in [1.29, 1.82) is 0 Å². The van der Waals surface area contributed by atoms with Gasteiger partial charge in [-0.15, -0.1) is 0 Å². The molecule has 0 aliphatic carbocycles. The Labute approximate surface area is 107 Å². The van der Waals surface area contributed by atoms with Gasteiger partial charge in [-0.25, -0.2) is 8.78 Å². The quantitative estimate of drug-likeness (QED) is 0.775. The average Bonchev–Trinajstić information content (AvgIpc) is 2.38. The standard InChI is InChI=1S/C12H13F4NO2/c1-17(11(18)12(15,16)10(13)14)7-8-3-5-9(19-2)6-4-8/h3-6,10H,7H2,1-2H3. The molecule has 7 heteroatoms. The number of benzene rings is 1. The number of methoxy groups -OCH3 is 1. The maximum atomic E-state index is 12.9. The molecule has 0 bridgehead atoms. The topological polar surface area (TPSA) is 29.5 Å². The summed E-state index contributed by atoms with van der Waals surface area (Å²) < 4.78 is 54.7. The predicted octanol–water partition coefficient (Wildman–Crippen LogP) is 2.55. The number of amides is 1. The van der Waals surface area contributed by atoms with Crippen LogP contribution in [0, 0.1) is 0 Å². The van der Waals surface area contributed by atoms with Crippen molar-refractivity contribution in [3.05, 3.63) is 29.8 Å². The van der Waals surface area contributed by atoms with Gasteiger partial charge in [0.25, 0.3) is 5.91 Å². The molecule has 0 saturated heterocycles. The molecule has 0 unspecified atom stereocenters. The molecule has 1 aromatic carbocycles. The zero-order valence-corrected chi connectivity index (χ0v) is 10.4. The molecule has 19 heavy (non-hydrogen) atoms. The Morgan fingerprint density at radius 2 is 1.84 bits per heavy atom. The minimum absolute atomic E-state index is 0.189. The van der Waals surface area contributed by atoms with Crippen molar-refractivity contribution in [1.82, 2.24) is 4.90 Å². The highest BCUT2D eigenvalue weighted by molar-refractivity contribution is 5.83. The van der Waals surface area contributed by atoms with Crippen LogP contribution in [0.4, 0.5) is 17.6 Å². The van der Waals surface area contributed by atoms with Crippen molar-refractivity contribution in [2.24, 2.45) is 0 Å². The van der Waals surface area contributed by atoms with Crippen molar-refractivity contribution in [3.8, 4) is 5.75 Å². The van der Waals surface area contributed by atoms with Crippen LogP contribution in [0.2, 0.25) is 0 Å². The third-order valence-electron chi connectivity index (χ3n) is 2.48. The molecule has 0 aromatic heterocycles. The zero-order chi connectivity index (χ0) is 14.6. The van der Waals surface area contributed by atoms with Crippen molar-refractivity contribution in [2.45, 2.75) is 18.9 Å². The van der Waals surface area contributed by atoms with E-state index in [1.54, 1.807) is 24.3 Å². The van der Waals surface area contributed by atoms with Crippen LogP contribution in [0.25, 0.3) is 0 Å². The molecule has 0 saturated carbocycles. The monoisotopic (exact) mass is 279 g/mol. The minimum Gasteiger partial charge on any atom is -0.497 e. The van der Waals surface area contributed by atoms with E-state index in [9.17, 15) is 22.4 Å². The summed E-state index contributed by atoms with van der Waals surface area (Å²) >= 11 is 0. The molecule has 0 spiro atoms. The molecule has 0 aliphatic rings. The molecule has 0 fully saturated rings. The zero-order valence-electron chi connectivity index (χ0n) is 10.4. The number of nitrogens with zero attached hydrogens (tertiary/aromatic N) is 1. The summed E-state index contributed by atoms with van der Waals surface area (Å²) in [6.07, 6.45) is -4.02. The van der Waals surface area contributed by atoms with Gasteiger partial charge in [0.2, 0.25) is 0 Å². The Balaban J connectivity index is 2.73. The van der Waals surface area contributed by atoms with E-state index >= 15 is 0 Å². The first-order chi connectivity index (χ1) is 8.78. The second kappa shape index (κ2) is 5.90. The molecule has 0 N–H and O–H groups in total.